The van der Waals surface area contributed by atoms with Gasteiger partial charge in [-0.05, 0) is 40.2 Å². The van der Waals surface area contributed by atoms with Crippen molar-refractivity contribution in [1.82, 2.24) is 10.4 Å². The molecule has 1 aliphatic rings. The molecule has 0 saturated carbocycles. The molecule has 0 aliphatic carbocycles. The van der Waals surface area contributed by atoms with Crippen molar-refractivity contribution >= 4 is 27.3 Å². The monoisotopic (exact) mass is 274 g/mol. The molecule has 0 unspecified atom stereocenters. The highest BCUT2D eigenvalue weighted by atomic mass is 79.9. The van der Waals surface area contributed by atoms with Gasteiger partial charge in [0.15, 0.2) is 0 Å². The first kappa shape index (κ1) is 10.6. The second-order valence-electron chi connectivity index (χ2n) is 3.57. The minimum absolute atomic E-state index is 0.957. The molecule has 0 aromatic carbocycles. The van der Waals surface area contributed by atoms with E-state index in [1.54, 1.807) is 11.3 Å². The van der Waals surface area contributed by atoms with E-state index in [-0.39, 0.29) is 0 Å². The molecule has 14 heavy (non-hydrogen) atoms. The maximum atomic E-state index is 3.54. The van der Waals surface area contributed by atoms with Crippen LogP contribution < -0.4 is 5.43 Å². The van der Waals surface area contributed by atoms with Crippen LogP contribution in [0.5, 0.6) is 0 Å². The van der Waals surface area contributed by atoms with Gasteiger partial charge >= 0.3 is 0 Å². The average Bonchev–Trinajstić information content (AvgIpc) is 2.63. The number of hydrogen-bond donors (Lipinski definition) is 1. The van der Waals surface area contributed by atoms with Crippen molar-refractivity contribution in [2.24, 2.45) is 0 Å². The first-order valence-corrected chi connectivity index (χ1v) is 6.74. The summed E-state index contributed by atoms with van der Waals surface area (Å²) in [4.78, 5) is 1.38. The minimum Gasteiger partial charge on any atom is -0.250 e. The molecule has 1 fully saturated rings. The molecule has 2 nitrogen and oxygen atoms in total. The molecule has 0 amide bonds. The van der Waals surface area contributed by atoms with Crippen molar-refractivity contribution in [2.75, 3.05) is 13.1 Å². The van der Waals surface area contributed by atoms with E-state index in [0.717, 1.165) is 6.54 Å². The zero-order valence-corrected chi connectivity index (χ0v) is 10.5. The fourth-order valence-electron chi connectivity index (χ4n) is 1.69. The van der Waals surface area contributed by atoms with E-state index in [1.807, 2.05) is 0 Å². The van der Waals surface area contributed by atoms with Crippen LogP contribution in [0.3, 0.4) is 0 Å². The molecule has 2 rings (SSSR count). The summed E-state index contributed by atoms with van der Waals surface area (Å²) in [5, 5.41) is 4.47. The van der Waals surface area contributed by atoms with Crippen LogP contribution >= 0.6 is 27.3 Å². The highest BCUT2D eigenvalue weighted by Crippen LogP contribution is 2.22. The summed E-state index contributed by atoms with van der Waals surface area (Å²) in [6, 6.07) is 2.11. The molecule has 1 saturated heterocycles. The smallest absolute Gasteiger partial charge is 0.0458 e. The molecule has 0 bridgehead atoms. The van der Waals surface area contributed by atoms with E-state index in [1.165, 1.54) is 41.7 Å². The predicted molar refractivity (Wildman–Crippen MR) is 64.3 cm³/mol. The van der Waals surface area contributed by atoms with Crippen LogP contribution in [-0.2, 0) is 6.54 Å². The lowest BCUT2D eigenvalue weighted by atomic mass is 10.2. The summed E-state index contributed by atoms with van der Waals surface area (Å²) in [5.41, 5.74) is 3.48. The van der Waals surface area contributed by atoms with Crippen LogP contribution in [-0.4, -0.2) is 18.1 Å². The van der Waals surface area contributed by atoms with Crippen molar-refractivity contribution in [2.45, 2.75) is 25.8 Å². The molecule has 0 spiro atoms. The fourth-order valence-corrected chi connectivity index (χ4v) is 3.11. The van der Waals surface area contributed by atoms with E-state index in [4.69, 9.17) is 0 Å². The van der Waals surface area contributed by atoms with E-state index < -0.39 is 0 Å². The van der Waals surface area contributed by atoms with Gasteiger partial charge in [0.25, 0.3) is 0 Å². The normalized spacial score (nSPS) is 18.6. The van der Waals surface area contributed by atoms with Crippen LogP contribution in [0, 0.1) is 0 Å². The Kier molecular flexibility index (Phi) is 3.99. The largest absolute Gasteiger partial charge is 0.250 e. The summed E-state index contributed by atoms with van der Waals surface area (Å²) in [6.07, 6.45) is 4.05. The Hall–Kier alpha value is 0.1000. The summed E-state index contributed by atoms with van der Waals surface area (Å²) in [5.74, 6) is 0. The number of piperidine rings is 1. The van der Waals surface area contributed by atoms with Crippen LogP contribution in [0.4, 0.5) is 0 Å². The van der Waals surface area contributed by atoms with Gasteiger partial charge in [0.1, 0.15) is 0 Å². The standard InChI is InChI=1S/C10H15BrN2S/c11-9-4-7-14-10(9)8-12-13-5-2-1-3-6-13/h4,7,12H,1-3,5-6,8H2. The van der Waals surface area contributed by atoms with Gasteiger partial charge in [-0.3, -0.25) is 0 Å². The van der Waals surface area contributed by atoms with Crippen LogP contribution in [0.2, 0.25) is 0 Å². The number of thiophene rings is 1. The van der Waals surface area contributed by atoms with Gasteiger partial charge in [-0.2, -0.15) is 0 Å². The van der Waals surface area contributed by atoms with Crippen molar-refractivity contribution < 1.29 is 0 Å². The molecule has 1 aromatic heterocycles. The van der Waals surface area contributed by atoms with Crippen molar-refractivity contribution in [3.63, 3.8) is 0 Å². The lowest BCUT2D eigenvalue weighted by Crippen LogP contribution is -2.40. The van der Waals surface area contributed by atoms with E-state index in [0.29, 0.717) is 0 Å². The predicted octanol–water partition coefficient (Wildman–Crippen LogP) is 3.00. The van der Waals surface area contributed by atoms with E-state index >= 15 is 0 Å². The Labute approximate surface area is 97.4 Å². The van der Waals surface area contributed by atoms with Gasteiger partial charge in [-0.25, -0.2) is 10.4 Å². The molecule has 0 radical (unpaired) electrons. The SMILES string of the molecule is Brc1ccsc1CNN1CCCCC1. The molecule has 2 heterocycles. The summed E-state index contributed by atoms with van der Waals surface area (Å²) >= 11 is 5.35. The Morgan fingerprint density at radius 2 is 2.14 bits per heavy atom. The minimum atomic E-state index is 0.957. The molecule has 1 aromatic rings. The fraction of sp³-hybridized carbons (Fsp3) is 0.600. The molecule has 0 atom stereocenters. The molecular formula is C10H15BrN2S. The third-order valence-corrected chi connectivity index (χ3v) is 4.44. The van der Waals surface area contributed by atoms with Crippen LogP contribution in [0.25, 0.3) is 0 Å². The van der Waals surface area contributed by atoms with Gasteiger partial charge in [0.05, 0.1) is 0 Å². The van der Waals surface area contributed by atoms with Gasteiger partial charge in [0.2, 0.25) is 0 Å². The quantitative estimate of drug-likeness (QED) is 0.912. The van der Waals surface area contributed by atoms with Crippen molar-refractivity contribution in [3.8, 4) is 0 Å². The summed E-state index contributed by atoms with van der Waals surface area (Å²) < 4.78 is 1.23. The Balaban J connectivity index is 1.79. The first-order chi connectivity index (χ1) is 6.86. The lowest BCUT2D eigenvalue weighted by molar-refractivity contribution is 0.151. The number of hydrazine groups is 1. The van der Waals surface area contributed by atoms with Gasteiger partial charge in [-0.15, -0.1) is 11.3 Å². The first-order valence-electron chi connectivity index (χ1n) is 5.06. The molecule has 4 heteroatoms. The van der Waals surface area contributed by atoms with Gasteiger partial charge in [-0.1, -0.05) is 6.42 Å². The van der Waals surface area contributed by atoms with Crippen LogP contribution in [0.15, 0.2) is 15.9 Å². The molecule has 1 aliphatic heterocycles. The molecular weight excluding hydrogens is 260 g/mol. The second-order valence-corrected chi connectivity index (χ2v) is 5.43. The third-order valence-electron chi connectivity index (χ3n) is 2.51. The number of hydrogen-bond acceptors (Lipinski definition) is 3. The number of nitrogens with one attached hydrogen (secondary N) is 1. The van der Waals surface area contributed by atoms with Crippen molar-refractivity contribution in [3.05, 3.63) is 20.8 Å². The highest BCUT2D eigenvalue weighted by Gasteiger charge is 2.09. The Morgan fingerprint density at radius 3 is 2.79 bits per heavy atom. The zero-order chi connectivity index (χ0) is 9.80. The van der Waals surface area contributed by atoms with Gasteiger partial charge < -0.3 is 0 Å². The highest BCUT2D eigenvalue weighted by molar-refractivity contribution is 9.10. The maximum absolute atomic E-state index is 3.54. The topological polar surface area (TPSA) is 15.3 Å². The Bertz CT molecular complexity index is 281. The molecule has 78 valence electrons. The van der Waals surface area contributed by atoms with Crippen LogP contribution in [0.1, 0.15) is 24.1 Å². The maximum Gasteiger partial charge on any atom is 0.0458 e. The van der Waals surface area contributed by atoms with E-state index in [2.05, 4.69) is 37.8 Å². The van der Waals surface area contributed by atoms with Gasteiger partial charge in [0, 0.05) is 29.0 Å². The summed E-state index contributed by atoms with van der Waals surface area (Å²) in [6.45, 7) is 3.35. The zero-order valence-electron chi connectivity index (χ0n) is 8.13. The second kappa shape index (κ2) is 5.26. The Morgan fingerprint density at radius 1 is 1.36 bits per heavy atom. The lowest BCUT2D eigenvalue weighted by Gasteiger charge is -2.26. The average molecular weight is 275 g/mol. The number of rotatable bonds is 3. The number of nitrogens with zero attached hydrogens (tertiary/aromatic N) is 1. The van der Waals surface area contributed by atoms with Crippen molar-refractivity contribution in [1.29, 1.82) is 0 Å². The third kappa shape index (κ3) is 2.79. The van der Waals surface area contributed by atoms with E-state index in [9.17, 15) is 0 Å². The number of halogens is 1. The summed E-state index contributed by atoms with van der Waals surface area (Å²) in [7, 11) is 0. The molecule has 1 N–H and O–H groups in total.